The Morgan fingerprint density at radius 3 is 2.64 bits per heavy atom. The van der Waals surface area contributed by atoms with Gasteiger partial charge < -0.3 is 19.2 Å². The Labute approximate surface area is 192 Å². The summed E-state index contributed by atoms with van der Waals surface area (Å²) in [5.74, 6) is 1.55. The van der Waals surface area contributed by atoms with Crippen LogP contribution in [0.3, 0.4) is 0 Å². The summed E-state index contributed by atoms with van der Waals surface area (Å²) in [4.78, 5) is 22.8. The molecule has 2 aromatic carbocycles. The SMILES string of the molecule is COc1ccc(Nc2ncnc3c2C(c2cccs2)c2c(c(=O)oc4ccccc24)O3)cc1. The first-order valence-electron chi connectivity index (χ1n) is 10.3. The molecule has 4 heterocycles. The van der Waals surface area contributed by atoms with Gasteiger partial charge in [-0.25, -0.2) is 14.8 Å². The Balaban J connectivity index is 1.59. The topological polar surface area (TPSA) is 86.5 Å². The van der Waals surface area contributed by atoms with Crippen molar-refractivity contribution in [1.82, 2.24) is 9.97 Å². The van der Waals surface area contributed by atoms with Crippen LogP contribution in [-0.2, 0) is 0 Å². The van der Waals surface area contributed by atoms with Crippen LogP contribution in [0.2, 0.25) is 0 Å². The molecule has 8 heteroatoms. The largest absolute Gasteiger partial charge is 0.497 e. The van der Waals surface area contributed by atoms with Gasteiger partial charge in [-0.15, -0.1) is 11.3 Å². The zero-order valence-electron chi connectivity index (χ0n) is 17.4. The normalized spacial score (nSPS) is 14.3. The third kappa shape index (κ3) is 3.23. The van der Waals surface area contributed by atoms with E-state index in [0.717, 1.165) is 32.8 Å². The van der Waals surface area contributed by atoms with Crippen LogP contribution in [-0.4, -0.2) is 17.1 Å². The van der Waals surface area contributed by atoms with Crippen LogP contribution in [0.25, 0.3) is 11.0 Å². The monoisotopic (exact) mass is 455 g/mol. The molecule has 1 aliphatic rings. The lowest BCUT2D eigenvalue weighted by atomic mass is 9.86. The number of nitrogens with zero attached hydrogens (tertiary/aromatic N) is 2. The number of hydrogen-bond acceptors (Lipinski definition) is 8. The van der Waals surface area contributed by atoms with Gasteiger partial charge in [-0.1, -0.05) is 24.3 Å². The highest BCUT2D eigenvalue weighted by Gasteiger charge is 2.37. The van der Waals surface area contributed by atoms with Gasteiger partial charge >= 0.3 is 5.63 Å². The van der Waals surface area contributed by atoms with Gasteiger partial charge in [0.15, 0.2) is 0 Å². The van der Waals surface area contributed by atoms with Crippen molar-refractivity contribution in [3.05, 3.63) is 98.8 Å². The van der Waals surface area contributed by atoms with E-state index in [9.17, 15) is 4.79 Å². The molecule has 0 bridgehead atoms. The zero-order valence-corrected chi connectivity index (χ0v) is 18.3. The first-order chi connectivity index (χ1) is 16.2. The van der Waals surface area contributed by atoms with Crippen molar-refractivity contribution in [2.24, 2.45) is 0 Å². The summed E-state index contributed by atoms with van der Waals surface area (Å²) in [5, 5.41) is 6.21. The molecule has 1 N–H and O–H groups in total. The van der Waals surface area contributed by atoms with E-state index in [4.69, 9.17) is 13.9 Å². The fourth-order valence-corrected chi connectivity index (χ4v) is 5.00. The molecule has 1 aliphatic heterocycles. The first kappa shape index (κ1) is 19.5. The van der Waals surface area contributed by atoms with Crippen LogP contribution in [0.4, 0.5) is 11.5 Å². The van der Waals surface area contributed by atoms with Crippen LogP contribution in [0.1, 0.15) is 21.9 Å². The molecule has 0 saturated carbocycles. The maximum atomic E-state index is 12.9. The fraction of sp³-hybridized carbons (Fsp3) is 0.0800. The minimum atomic E-state index is -0.529. The molecule has 0 spiro atoms. The number of para-hydroxylation sites is 1. The van der Waals surface area contributed by atoms with Gasteiger partial charge in [-0.05, 0) is 41.8 Å². The standard InChI is InChI=1S/C25H17N3O4S/c1-30-15-10-8-14(9-11-15)28-23-21-20(18-7-4-12-33-18)19-16-5-2-3-6-17(16)31-25(29)22(19)32-24(21)27-13-26-23/h2-13,20H,1H3,(H,26,27,28). The number of fused-ring (bicyclic) bond motifs is 4. The van der Waals surface area contributed by atoms with Crippen molar-refractivity contribution in [2.75, 3.05) is 12.4 Å². The maximum absolute atomic E-state index is 12.9. The lowest BCUT2D eigenvalue weighted by Crippen LogP contribution is -2.20. The number of ether oxygens (including phenoxy) is 2. The van der Waals surface area contributed by atoms with Gasteiger partial charge in [0, 0.05) is 21.5 Å². The second-order valence-electron chi connectivity index (χ2n) is 7.47. The molecule has 1 unspecified atom stereocenters. The predicted molar refractivity (Wildman–Crippen MR) is 126 cm³/mol. The van der Waals surface area contributed by atoms with Crippen molar-refractivity contribution in [3.8, 4) is 17.4 Å². The number of hydrogen-bond donors (Lipinski definition) is 1. The Kier molecular flexibility index (Phi) is 4.58. The van der Waals surface area contributed by atoms with Crippen LogP contribution >= 0.6 is 11.3 Å². The molecule has 1 atom stereocenters. The molecule has 5 aromatic rings. The van der Waals surface area contributed by atoms with Crippen molar-refractivity contribution in [1.29, 1.82) is 0 Å². The molecule has 0 saturated heterocycles. The smallest absolute Gasteiger partial charge is 0.380 e. The highest BCUT2D eigenvalue weighted by Crippen LogP contribution is 2.51. The van der Waals surface area contributed by atoms with Crippen molar-refractivity contribution >= 4 is 33.8 Å². The quantitative estimate of drug-likeness (QED) is 0.342. The Morgan fingerprint density at radius 2 is 1.85 bits per heavy atom. The second-order valence-corrected chi connectivity index (χ2v) is 8.45. The molecule has 6 rings (SSSR count). The molecule has 0 amide bonds. The third-order valence-electron chi connectivity index (χ3n) is 5.61. The summed E-state index contributed by atoms with van der Waals surface area (Å²) >= 11 is 1.60. The van der Waals surface area contributed by atoms with Gasteiger partial charge in [0.05, 0.1) is 18.6 Å². The summed E-state index contributed by atoms with van der Waals surface area (Å²) in [6.07, 6.45) is 1.42. The van der Waals surface area contributed by atoms with Crippen molar-refractivity contribution in [2.45, 2.75) is 5.92 Å². The van der Waals surface area contributed by atoms with E-state index >= 15 is 0 Å². The average Bonchev–Trinajstić information content (AvgIpc) is 3.38. The molecule has 33 heavy (non-hydrogen) atoms. The molecule has 7 nitrogen and oxygen atoms in total. The molecule has 3 aromatic heterocycles. The van der Waals surface area contributed by atoms with E-state index in [-0.39, 0.29) is 11.7 Å². The van der Waals surface area contributed by atoms with E-state index in [0.29, 0.717) is 17.3 Å². The molecule has 162 valence electrons. The van der Waals surface area contributed by atoms with Gasteiger partial charge in [-0.2, -0.15) is 0 Å². The minimum Gasteiger partial charge on any atom is -0.497 e. The number of methoxy groups -OCH3 is 1. The van der Waals surface area contributed by atoms with Gasteiger partial charge in [0.1, 0.15) is 23.5 Å². The summed E-state index contributed by atoms with van der Waals surface area (Å²) in [5.41, 5.74) is 2.34. The van der Waals surface area contributed by atoms with E-state index in [1.165, 1.54) is 6.33 Å². The molecular weight excluding hydrogens is 438 g/mol. The fourth-order valence-electron chi connectivity index (χ4n) is 4.15. The average molecular weight is 455 g/mol. The highest BCUT2D eigenvalue weighted by atomic mass is 32.1. The van der Waals surface area contributed by atoms with Crippen LogP contribution in [0, 0.1) is 0 Å². The first-order valence-corrected chi connectivity index (χ1v) is 11.1. The van der Waals surface area contributed by atoms with Crippen molar-refractivity contribution < 1.29 is 13.9 Å². The van der Waals surface area contributed by atoms with Gasteiger partial charge in [0.25, 0.3) is 0 Å². The van der Waals surface area contributed by atoms with Gasteiger partial charge in [0.2, 0.25) is 11.6 Å². The van der Waals surface area contributed by atoms with Crippen LogP contribution in [0.5, 0.6) is 17.4 Å². The van der Waals surface area contributed by atoms with E-state index in [1.807, 2.05) is 60.0 Å². The number of rotatable bonds is 4. The minimum absolute atomic E-state index is 0.161. The lowest BCUT2D eigenvalue weighted by molar-refractivity contribution is 0.400. The number of thiophene rings is 1. The maximum Gasteiger partial charge on any atom is 0.380 e. The van der Waals surface area contributed by atoms with E-state index in [2.05, 4.69) is 15.3 Å². The highest BCUT2D eigenvalue weighted by molar-refractivity contribution is 7.10. The molecule has 0 aliphatic carbocycles. The molecular formula is C25H17N3O4S. The number of nitrogens with one attached hydrogen (secondary N) is 1. The van der Waals surface area contributed by atoms with Crippen molar-refractivity contribution in [3.63, 3.8) is 0 Å². The lowest BCUT2D eigenvalue weighted by Gasteiger charge is -2.28. The summed E-state index contributed by atoms with van der Waals surface area (Å²) < 4.78 is 16.8. The van der Waals surface area contributed by atoms with Crippen LogP contribution < -0.4 is 20.4 Å². The third-order valence-corrected chi connectivity index (χ3v) is 6.55. The van der Waals surface area contributed by atoms with E-state index < -0.39 is 5.63 Å². The summed E-state index contributed by atoms with van der Waals surface area (Å²) in [6, 6.07) is 19.1. The van der Waals surface area contributed by atoms with Gasteiger partial charge in [-0.3, -0.25) is 0 Å². The molecule has 0 radical (unpaired) electrons. The van der Waals surface area contributed by atoms with Crippen LogP contribution in [0.15, 0.2) is 81.6 Å². The Hall–Kier alpha value is -4.17. The predicted octanol–water partition coefficient (Wildman–Crippen LogP) is 5.68. The Bertz CT molecular complexity index is 1530. The number of anilines is 2. The second kappa shape index (κ2) is 7.75. The summed E-state index contributed by atoms with van der Waals surface area (Å²) in [6.45, 7) is 0. The molecule has 0 fully saturated rings. The zero-order chi connectivity index (χ0) is 22.4. The summed E-state index contributed by atoms with van der Waals surface area (Å²) in [7, 11) is 1.63. The van der Waals surface area contributed by atoms with E-state index in [1.54, 1.807) is 24.5 Å². The number of aromatic nitrogens is 2. The number of benzene rings is 2. The Morgan fingerprint density at radius 1 is 1.00 bits per heavy atom.